The molecule has 1 aliphatic heterocycles. The third kappa shape index (κ3) is 4.88. The highest BCUT2D eigenvalue weighted by atomic mass is 16.2. The maximum absolute atomic E-state index is 12.5. The molecule has 0 unspecified atom stereocenters. The highest BCUT2D eigenvalue weighted by Gasteiger charge is 2.24. The average Bonchev–Trinajstić information content (AvgIpc) is 2.54. The second kappa shape index (κ2) is 7.87. The maximum Gasteiger partial charge on any atom is 0.272 e. The maximum atomic E-state index is 12.5. The molecule has 126 valence electrons. The van der Waals surface area contributed by atoms with E-state index in [0.717, 1.165) is 13.1 Å². The van der Waals surface area contributed by atoms with Crippen LogP contribution in [-0.4, -0.2) is 89.8 Å². The largest absolute Gasteiger partial charge is 0.369 e. The molecule has 0 aromatic carbocycles. The summed E-state index contributed by atoms with van der Waals surface area (Å²) in [6, 6.07) is 1.68. The second-order valence-corrected chi connectivity index (χ2v) is 5.82. The number of amides is 2. The van der Waals surface area contributed by atoms with Crippen LogP contribution < -0.4 is 5.32 Å². The molecular formula is C15H24N6O2. The van der Waals surface area contributed by atoms with Crippen molar-refractivity contribution in [3.8, 4) is 0 Å². The topological polar surface area (TPSA) is 81.7 Å². The zero-order chi connectivity index (χ0) is 16.8. The molecule has 1 saturated heterocycles. The summed E-state index contributed by atoms with van der Waals surface area (Å²) in [5.41, 5.74) is 0.378. The molecule has 1 N–H and O–H groups in total. The molecule has 0 bridgehead atoms. The summed E-state index contributed by atoms with van der Waals surface area (Å²) in [5, 5.41) is 3.18. The molecule has 1 aromatic heterocycles. The minimum absolute atomic E-state index is 0.0477. The Balaban J connectivity index is 1.93. The van der Waals surface area contributed by atoms with Gasteiger partial charge in [-0.3, -0.25) is 9.59 Å². The molecule has 0 atom stereocenters. The molecule has 2 heterocycles. The Morgan fingerprint density at radius 1 is 1.17 bits per heavy atom. The number of carbonyl (C=O) groups is 2. The summed E-state index contributed by atoms with van der Waals surface area (Å²) in [4.78, 5) is 37.6. The number of hydrogen-bond donors (Lipinski definition) is 1. The summed E-state index contributed by atoms with van der Waals surface area (Å²) in [7, 11) is 3.99. The zero-order valence-corrected chi connectivity index (χ0v) is 13.9. The van der Waals surface area contributed by atoms with Crippen molar-refractivity contribution >= 4 is 17.6 Å². The van der Waals surface area contributed by atoms with Gasteiger partial charge in [-0.1, -0.05) is 0 Å². The van der Waals surface area contributed by atoms with E-state index in [9.17, 15) is 9.59 Å². The normalized spacial score (nSPS) is 15.0. The van der Waals surface area contributed by atoms with Gasteiger partial charge in [-0.15, -0.1) is 0 Å². The fourth-order valence-electron chi connectivity index (χ4n) is 2.36. The number of nitrogens with one attached hydrogen (secondary N) is 1. The lowest BCUT2D eigenvalue weighted by molar-refractivity contribution is -0.130. The van der Waals surface area contributed by atoms with Crippen LogP contribution in [0.2, 0.25) is 0 Å². The van der Waals surface area contributed by atoms with Crippen molar-refractivity contribution in [1.82, 2.24) is 24.7 Å². The highest BCUT2D eigenvalue weighted by molar-refractivity contribution is 5.93. The van der Waals surface area contributed by atoms with E-state index in [-0.39, 0.29) is 11.8 Å². The fraction of sp³-hybridized carbons (Fsp3) is 0.600. The third-order valence-electron chi connectivity index (χ3n) is 3.76. The van der Waals surface area contributed by atoms with Crippen molar-refractivity contribution in [2.45, 2.75) is 6.92 Å². The number of anilines is 1. The summed E-state index contributed by atoms with van der Waals surface area (Å²) in [6.07, 6.45) is 1.40. The number of rotatable bonds is 5. The Kier molecular flexibility index (Phi) is 5.86. The van der Waals surface area contributed by atoms with Gasteiger partial charge >= 0.3 is 0 Å². The second-order valence-electron chi connectivity index (χ2n) is 5.82. The zero-order valence-electron chi connectivity index (χ0n) is 13.9. The van der Waals surface area contributed by atoms with E-state index in [2.05, 4.69) is 20.2 Å². The van der Waals surface area contributed by atoms with E-state index in [1.54, 1.807) is 22.8 Å². The van der Waals surface area contributed by atoms with Crippen molar-refractivity contribution in [2.24, 2.45) is 0 Å². The molecule has 1 aromatic rings. The number of hydrogen-bond acceptors (Lipinski definition) is 6. The van der Waals surface area contributed by atoms with Crippen LogP contribution in [0.5, 0.6) is 0 Å². The van der Waals surface area contributed by atoms with Crippen LogP contribution in [0, 0.1) is 0 Å². The van der Waals surface area contributed by atoms with Crippen LogP contribution in [-0.2, 0) is 4.79 Å². The summed E-state index contributed by atoms with van der Waals surface area (Å²) in [5.74, 6) is 0.574. The standard InChI is InChI=1S/C15H24N6O2/c1-12(22)20-6-8-21(9-7-20)15(23)13-10-14(18-11-17-13)16-4-5-19(2)3/h10-11H,4-9H2,1-3H3,(H,16,17,18). The Morgan fingerprint density at radius 3 is 2.43 bits per heavy atom. The van der Waals surface area contributed by atoms with Crippen molar-refractivity contribution in [2.75, 3.05) is 58.7 Å². The summed E-state index contributed by atoms with van der Waals surface area (Å²) in [6.45, 7) is 5.38. The van der Waals surface area contributed by atoms with E-state index < -0.39 is 0 Å². The first-order chi connectivity index (χ1) is 11.0. The first-order valence-electron chi connectivity index (χ1n) is 7.73. The molecule has 8 nitrogen and oxygen atoms in total. The number of aromatic nitrogens is 2. The van der Waals surface area contributed by atoms with Crippen molar-refractivity contribution in [3.05, 3.63) is 18.1 Å². The molecule has 8 heteroatoms. The third-order valence-corrected chi connectivity index (χ3v) is 3.76. The van der Waals surface area contributed by atoms with Crippen molar-refractivity contribution < 1.29 is 9.59 Å². The van der Waals surface area contributed by atoms with Gasteiger partial charge in [0.2, 0.25) is 5.91 Å². The van der Waals surface area contributed by atoms with Crippen molar-refractivity contribution in [1.29, 1.82) is 0 Å². The van der Waals surface area contributed by atoms with Gasteiger partial charge < -0.3 is 20.0 Å². The van der Waals surface area contributed by atoms with E-state index in [1.807, 2.05) is 14.1 Å². The minimum atomic E-state index is -0.119. The Labute approximate surface area is 136 Å². The average molecular weight is 320 g/mol. The number of piperazine rings is 1. The smallest absolute Gasteiger partial charge is 0.272 e. The van der Waals surface area contributed by atoms with Crippen LogP contribution in [0.3, 0.4) is 0 Å². The molecule has 1 fully saturated rings. The molecule has 2 amide bonds. The monoisotopic (exact) mass is 320 g/mol. The van der Waals surface area contributed by atoms with E-state index >= 15 is 0 Å². The fourth-order valence-corrected chi connectivity index (χ4v) is 2.36. The molecule has 0 spiro atoms. The Bertz CT molecular complexity index is 555. The predicted octanol–water partition coefficient (Wildman–Crippen LogP) is -0.246. The highest BCUT2D eigenvalue weighted by Crippen LogP contribution is 2.10. The molecule has 1 aliphatic rings. The lowest BCUT2D eigenvalue weighted by atomic mass is 10.2. The van der Waals surface area contributed by atoms with Crippen molar-refractivity contribution in [3.63, 3.8) is 0 Å². The van der Waals surface area contributed by atoms with Crippen LogP contribution >= 0.6 is 0 Å². The molecular weight excluding hydrogens is 296 g/mol. The van der Waals surface area contributed by atoms with E-state index in [0.29, 0.717) is 37.7 Å². The molecule has 2 rings (SSSR count). The molecule has 23 heavy (non-hydrogen) atoms. The predicted molar refractivity (Wildman–Crippen MR) is 87.2 cm³/mol. The van der Waals surface area contributed by atoms with Crippen LogP contribution in [0.15, 0.2) is 12.4 Å². The van der Waals surface area contributed by atoms with Gasteiger partial charge in [0.15, 0.2) is 0 Å². The Hall–Kier alpha value is -2.22. The lowest BCUT2D eigenvalue weighted by Gasteiger charge is -2.34. The van der Waals surface area contributed by atoms with Gasteiger partial charge in [0.1, 0.15) is 17.8 Å². The summed E-state index contributed by atoms with van der Waals surface area (Å²) < 4.78 is 0. The van der Waals surface area contributed by atoms with E-state index in [1.165, 1.54) is 6.33 Å². The van der Waals surface area contributed by atoms with Crippen LogP contribution in [0.4, 0.5) is 5.82 Å². The number of nitrogens with zero attached hydrogens (tertiary/aromatic N) is 5. The van der Waals surface area contributed by atoms with Gasteiger partial charge in [0.25, 0.3) is 5.91 Å². The minimum Gasteiger partial charge on any atom is -0.369 e. The first kappa shape index (κ1) is 17.1. The number of carbonyl (C=O) groups excluding carboxylic acids is 2. The van der Waals surface area contributed by atoms with Crippen LogP contribution in [0.1, 0.15) is 17.4 Å². The van der Waals surface area contributed by atoms with Gasteiger partial charge in [-0.25, -0.2) is 9.97 Å². The lowest BCUT2D eigenvalue weighted by Crippen LogP contribution is -2.50. The SMILES string of the molecule is CC(=O)N1CCN(C(=O)c2cc(NCCN(C)C)ncn2)CC1. The first-order valence-corrected chi connectivity index (χ1v) is 7.73. The van der Waals surface area contributed by atoms with Crippen LogP contribution in [0.25, 0.3) is 0 Å². The number of likely N-dealkylation sites (N-methyl/N-ethyl adjacent to an activating group) is 1. The molecule has 0 saturated carbocycles. The van der Waals surface area contributed by atoms with Gasteiger partial charge in [-0.2, -0.15) is 0 Å². The van der Waals surface area contributed by atoms with E-state index in [4.69, 9.17) is 0 Å². The van der Waals surface area contributed by atoms with Gasteiger partial charge in [-0.05, 0) is 14.1 Å². The quantitative estimate of drug-likeness (QED) is 0.806. The van der Waals surface area contributed by atoms with Gasteiger partial charge in [0, 0.05) is 52.3 Å². The molecule has 0 aliphatic carbocycles. The van der Waals surface area contributed by atoms with Gasteiger partial charge in [0.05, 0.1) is 0 Å². The summed E-state index contributed by atoms with van der Waals surface area (Å²) >= 11 is 0. The molecule has 0 radical (unpaired) electrons. The Morgan fingerprint density at radius 2 is 1.83 bits per heavy atom.